The van der Waals surface area contributed by atoms with E-state index in [2.05, 4.69) is 10.3 Å². The average Bonchev–Trinajstić information content (AvgIpc) is 2.96. The third kappa shape index (κ3) is 3.76. The van der Waals surface area contributed by atoms with Crippen LogP contribution in [0.3, 0.4) is 0 Å². The number of nitrogens with zero attached hydrogens (tertiary/aromatic N) is 2. The highest BCUT2D eigenvalue weighted by atomic mass is 32.1. The Labute approximate surface area is 124 Å². The van der Waals surface area contributed by atoms with Crippen LogP contribution < -0.4 is 10.1 Å². The Morgan fingerprint density at radius 1 is 1.48 bits per heavy atom. The van der Waals surface area contributed by atoms with Crippen molar-refractivity contribution in [3.05, 3.63) is 51.0 Å². The zero-order chi connectivity index (χ0) is 15.2. The summed E-state index contributed by atoms with van der Waals surface area (Å²) in [4.78, 5) is 26.4. The first-order chi connectivity index (χ1) is 10.1. The third-order valence-electron chi connectivity index (χ3n) is 2.57. The Bertz CT molecular complexity index is 656. The topological polar surface area (TPSA) is 94.4 Å². The SMILES string of the molecule is CCOc1ncccc1CNC(=O)c1ccc([N+](=O)[O-])s1. The number of hydrogen-bond donors (Lipinski definition) is 1. The van der Waals surface area contributed by atoms with Gasteiger partial charge in [-0.2, -0.15) is 0 Å². The molecule has 2 aromatic heterocycles. The third-order valence-corrected chi connectivity index (χ3v) is 3.60. The highest BCUT2D eigenvalue weighted by Gasteiger charge is 2.15. The Morgan fingerprint density at radius 3 is 2.95 bits per heavy atom. The maximum atomic E-state index is 11.9. The molecule has 0 aliphatic rings. The van der Waals surface area contributed by atoms with Crippen LogP contribution in [0.15, 0.2) is 30.5 Å². The van der Waals surface area contributed by atoms with Gasteiger partial charge in [0.2, 0.25) is 5.88 Å². The van der Waals surface area contributed by atoms with Crippen LogP contribution >= 0.6 is 11.3 Å². The summed E-state index contributed by atoms with van der Waals surface area (Å²) in [6.45, 7) is 2.57. The first kappa shape index (κ1) is 14.9. The van der Waals surface area contributed by atoms with Gasteiger partial charge in [0.15, 0.2) is 0 Å². The minimum atomic E-state index is -0.518. The standard InChI is InChI=1S/C13H13N3O4S/c1-2-20-13-9(4-3-7-14-13)8-15-12(17)10-5-6-11(21-10)16(18)19/h3-7H,2,8H2,1H3,(H,15,17). The highest BCUT2D eigenvalue weighted by molar-refractivity contribution is 7.17. The van der Waals surface area contributed by atoms with Gasteiger partial charge in [0.05, 0.1) is 16.4 Å². The van der Waals surface area contributed by atoms with E-state index < -0.39 is 4.92 Å². The van der Waals surface area contributed by atoms with Gasteiger partial charge in [-0.1, -0.05) is 17.4 Å². The number of aromatic nitrogens is 1. The molecule has 0 spiro atoms. The minimum absolute atomic E-state index is 0.0588. The van der Waals surface area contributed by atoms with Gasteiger partial charge in [-0.25, -0.2) is 4.98 Å². The summed E-state index contributed by atoms with van der Waals surface area (Å²) in [6.07, 6.45) is 1.61. The van der Waals surface area contributed by atoms with Gasteiger partial charge in [0.1, 0.15) is 0 Å². The summed E-state index contributed by atoms with van der Waals surface area (Å²) < 4.78 is 5.36. The number of amides is 1. The molecule has 21 heavy (non-hydrogen) atoms. The molecule has 110 valence electrons. The lowest BCUT2D eigenvalue weighted by Crippen LogP contribution is -2.22. The van der Waals surface area contributed by atoms with Crippen molar-refractivity contribution in [2.75, 3.05) is 6.61 Å². The summed E-state index contributed by atoms with van der Waals surface area (Å²) in [5.41, 5.74) is 0.749. The molecule has 1 N–H and O–H groups in total. The number of rotatable bonds is 6. The number of carbonyl (C=O) groups excluding carboxylic acids is 1. The molecule has 2 aromatic rings. The molecule has 0 unspecified atom stereocenters. The second-order valence-corrected chi connectivity index (χ2v) is 5.04. The molecular weight excluding hydrogens is 294 g/mol. The van der Waals surface area contributed by atoms with Crippen LogP contribution in [0.2, 0.25) is 0 Å². The second kappa shape index (κ2) is 6.80. The summed E-state index contributed by atoms with van der Waals surface area (Å²) >= 11 is 0.841. The van der Waals surface area contributed by atoms with Crippen LogP contribution in [-0.2, 0) is 6.54 Å². The second-order valence-electron chi connectivity index (χ2n) is 3.98. The summed E-state index contributed by atoms with van der Waals surface area (Å²) in [7, 11) is 0. The first-order valence-corrected chi connectivity index (χ1v) is 7.02. The van der Waals surface area contributed by atoms with E-state index >= 15 is 0 Å². The van der Waals surface area contributed by atoms with Crippen molar-refractivity contribution in [2.45, 2.75) is 13.5 Å². The van der Waals surface area contributed by atoms with Gasteiger partial charge in [-0.3, -0.25) is 14.9 Å². The largest absolute Gasteiger partial charge is 0.478 e. The molecule has 0 bridgehead atoms. The summed E-state index contributed by atoms with van der Waals surface area (Å²) in [6, 6.07) is 6.30. The predicted molar refractivity (Wildman–Crippen MR) is 77.5 cm³/mol. The van der Waals surface area contributed by atoms with Crippen molar-refractivity contribution in [2.24, 2.45) is 0 Å². The average molecular weight is 307 g/mol. The summed E-state index contributed by atoms with van der Waals surface area (Å²) in [5.74, 6) is 0.108. The number of ether oxygens (including phenoxy) is 1. The quantitative estimate of drug-likeness (QED) is 0.653. The van der Waals surface area contributed by atoms with Crippen LogP contribution in [0, 0.1) is 10.1 Å². The Balaban J connectivity index is 2.02. The molecule has 8 heteroatoms. The maximum absolute atomic E-state index is 11.9. The molecule has 0 aromatic carbocycles. The van der Waals surface area contributed by atoms with Crippen molar-refractivity contribution in [3.8, 4) is 5.88 Å². The van der Waals surface area contributed by atoms with Crippen LogP contribution in [0.1, 0.15) is 22.2 Å². The number of pyridine rings is 1. The molecule has 0 aliphatic carbocycles. The number of nitro groups is 1. The Hall–Kier alpha value is -2.48. The highest BCUT2D eigenvalue weighted by Crippen LogP contribution is 2.24. The van der Waals surface area contributed by atoms with E-state index in [0.29, 0.717) is 17.4 Å². The smallest absolute Gasteiger partial charge is 0.324 e. The van der Waals surface area contributed by atoms with Gasteiger partial charge in [-0.05, 0) is 19.1 Å². The maximum Gasteiger partial charge on any atom is 0.324 e. The van der Waals surface area contributed by atoms with Crippen molar-refractivity contribution < 1.29 is 14.5 Å². The van der Waals surface area contributed by atoms with Crippen LogP contribution in [0.4, 0.5) is 5.00 Å². The molecule has 0 atom stereocenters. The molecular formula is C13H13N3O4S. The predicted octanol–water partition coefficient (Wildman–Crippen LogP) is 2.38. The van der Waals surface area contributed by atoms with Gasteiger partial charge >= 0.3 is 5.00 Å². The van der Waals surface area contributed by atoms with Crippen molar-refractivity contribution in [3.63, 3.8) is 0 Å². The number of thiophene rings is 1. The van der Waals surface area contributed by atoms with Gasteiger partial charge in [0, 0.05) is 24.4 Å². The number of carbonyl (C=O) groups is 1. The van der Waals surface area contributed by atoms with Crippen molar-refractivity contribution >= 4 is 22.2 Å². The monoisotopic (exact) mass is 307 g/mol. The molecule has 0 saturated heterocycles. The van der Waals surface area contributed by atoms with E-state index in [1.54, 1.807) is 18.3 Å². The molecule has 0 aliphatic heterocycles. The fraction of sp³-hybridized carbons (Fsp3) is 0.231. The van der Waals surface area contributed by atoms with Gasteiger partial charge in [-0.15, -0.1) is 0 Å². The lowest BCUT2D eigenvalue weighted by molar-refractivity contribution is -0.380. The van der Waals surface area contributed by atoms with Crippen LogP contribution in [-0.4, -0.2) is 22.4 Å². The number of nitrogens with one attached hydrogen (secondary N) is 1. The zero-order valence-electron chi connectivity index (χ0n) is 11.2. The fourth-order valence-electron chi connectivity index (χ4n) is 1.64. The van der Waals surface area contributed by atoms with Crippen LogP contribution in [0.25, 0.3) is 0 Å². The van der Waals surface area contributed by atoms with Crippen LogP contribution in [0.5, 0.6) is 5.88 Å². The summed E-state index contributed by atoms with van der Waals surface area (Å²) in [5, 5.41) is 13.2. The molecule has 1 amide bonds. The molecule has 2 heterocycles. The fourth-order valence-corrected chi connectivity index (χ4v) is 2.37. The van der Waals surface area contributed by atoms with Crippen molar-refractivity contribution in [1.29, 1.82) is 0 Å². The molecule has 0 radical (unpaired) electrons. The van der Waals surface area contributed by atoms with Gasteiger partial charge < -0.3 is 10.1 Å². The first-order valence-electron chi connectivity index (χ1n) is 6.21. The van der Waals surface area contributed by atoms with Gasteiger partial charge in [0.25, 0.3) is 5.91 Å². The number of hydrogen-bond acceptors (Lipinski definition) is 6. The minimum Gasteiger partial charge on any atom is -0.478 e. The molecule has 7 nitrogen and oxygen atoms in total. The molecule has 0 fully saturated rings. The zero-order valence-corrected chi connectivity index (χ0v) is 12.1. The van der Waals surface area contributed by atoms with E-state index in [9.17, 15) is 14.9 Å². The normalized spacial score (nSPS) is 10.1. The van der Waals surface area contributed by atoms with E-state index in [1.165, 1.54) is 12.1 Å². The van der Waals surface area contributed by atoms with Crippen molar-refractivity contribution in [1.82, 2.24) is 10.3 Å². The van der Waals surface area contributed by atoms with E-state index in [-0.39, 0.29) is 17.5 Å². The Morgan fingerprint density at radius 2 is 2.29 bits per heavy atom. The van der Waals surface area contributed by atoms with E-state index in [1.807, 2.05) is 6.92 Å². The lowest BCUT2D eigenvalue weighted by Gasteiger charge is -2.09. The van der Waals surface area contributed by atoms with E-state index in [0.717, 1.165) is 16.9 Å². The Kier molecular flexibility index (Phi) is 4.83. The molecule has 2 rings (SSSR count). The lowest BCUT2D eigenvalue weighted by atomic mass is 10.2. The molecule has 0 saturated carbocycles. The van der Waals surface area contributed by atoms with E-state index in [4.69, 9.17) is 4.74 Å².